The smallest absolute Gasteiger partial charge is 0.231 e. The summed E-state index contributed by atoms with van der Waals surface area (Å²) in [7, 11) is 0. The number of benzene rings is 1. The monoisotopic (exact) mass is 349 g/mol. The third-order valence-electron chi connectivity index (χ3n) is 3.10. The summed E-state index contributed by atoms with van der Waals surface area (Å²) in [5.74, 6) is 1.46. The zero-order chi connectivity index (χ0) is 13.7. The van der Waals surface area contributed by atoms with Crippen molar-refractivity contribution < 1.29 is 9.47 Å². The van der Waals surface area contributed by atoms with Gasteiger partial charge in [0.2, 0.25) is 6.79 Å². The maximum absolute atomic E-state index is 5.40. The molecule has 0 saturated heterocycles. The maximum atomic E-state index is 5.40. The minimum Gasteiger partial charge on any atom is -0.454 e. The molecule has 0 spiro atoms. The second-order valence-corrected chi connectivity index (χ2v) is 5.63. The first-order valence-corrected chi connectivity index (χ1v) is 7.09. The van der Waals surface area contributed by atoms with Crippen LogP contribution in [0.2, 0.25) is 0 Å². The SMILES string of the molecule is S=c1[nH]c2cc(Br)cnc2n1-c1ccc2c(c1)OCO2. The lowest BCUT2D eigenvalue weighted by Crippen LogP contribution is -1.95. The van der Waals surface area contributed by atoms with Crippen molar-refractivity contribution in [1.29, 1.82) is 0 Å². The van der Waals surface area contributed by atoms with E-state index in [1.165, 1.54) is 0 Å². The molecule has 0 unspecified atom stereocenters. The van der Waals surface area contributed by atoms with E-state index in [0.717, 1.165) is 32.8 Å². The predicted octanol–water partition coefficient (Wildman–Crippen LogP) is 3.57. The number of halogens is 1. The highest BCUT2D eigenvalue weighted by Crippen LogP contribution is 2.34. The molecule has 0 atom stereocenters. The highest BCUT2D eigenvalue weighted by molar-refractivity contribution is 9.10. The molecule has 0 radical (unpaired) electrons. The van der Waals surface area contributed by atoms with Crippen molar-refractivity contribution in [2.45, 2.75) is 0 Å². The highest BCUT2D eigenvalue weighted by Gasteiger charge is 2.16. The van der Waals surface area contributed by atoms with E-state index >= 15 is 0 Å². The van der Waals surface area contributed by atoms with Crippen LogP contribution in [0, 0.1) is 4.77 Å². The number of H-pyrrole nitrogens is 1. The van der Waals surface area contributed by atoms with Crippen molar-refractivity contribution in [2.75, 3.05) is 6.79 Å². The van der Waals surface area contributed by atoms with Crippen molar-refractivity contribution >= 4 is 39.3 Å². The number of aromatic nitrogens is 3. The molecule has 1 aliphatic heterocycles. The Morgan fingerprint density at radius 3 is 3.00 bits per heavy atom. The van der Waals surface area contributed by atoms with E-state index in [9.17, 15) is 0 Å². The summed E-state index contributed by atoms with van der Waals surface area (Å²) < 4.78 is 14.1. The first-order chi connectivity index (χ1) is 9.72. The van der Waals surface area contributed by atoms with E-state index < -0.39 is 0 Å². The number of nitrogens with zero attached hydrogens (tertiary/aromatic N) is 2. The number of nitrogens with one attached hydrogen (secondary N) is 1. The normalized spacial score (nSPS) is 13.1. The van der Waals surface area contributed by atoms with Gasteiger partial charge in [0.05, 0.1) is 11.2 Å². The van der Waals surface area contributed by atoms with Crippen molar-refractivity contribution in [2.24, 2.45) is 0 Å². The van der Waals surface area contributed by atoms with Gasteiger partial charge < -0.3 is 14.5 Å². The fourth-order valence-electron chi connectivity index (χ4n) is 2.23. The second kappa shape index (κ2) is 4.32. The number of hydrogen-bond donors (Lipinski definition) is 1. The molecule has 0 aliphatic carbocycles. The fraction of sp³-hybridized carbons (Fsp3) is 0.0769. The topological polar surface area (TPSA) is 52.1 Å². The van der Waals surface area contributed by atoms with E-state index in [1.54, 1.807) is 6.20 Å². The molecule has 3 heterocycles. The van der Waals surface area contributed by atoms with Crippen LogP contribution < -0.4 is 9.47 Å². The summed E-state index contributed by atoms with van der Waals surface area (Å²) >= 11 is 8.79. The van der Waals surface area contributed by atoms with E-state index in [1.807, 2.05) is 28.8 Å². The van der Waals surface area contributed by atoms with Crippen LogP contribution in [0.3, 0.4) is 0 Å². The van der Waals surface area contributed by atoms with Gasteiger partial charge in [-0.1, -0.05) is 0 Å². The number of hydrogen-bond acceptors (Lipinski definition) is 4. The average molecular weight is 350 g/mol. The van der Waals surface area contributed by atoms with Gasteiger partial charge in [-0.2, -0.15) is 0 Å². The van der Waals surface area contributed by atoms with E-state index in [2.05, 4.69) is 25.9 Å². The van der Waals surface area contributed by atoms with Crippen LogP contribution in [0.1, 0.15) is 0 Å². The van der Waals surface area contributed by atoms with Crippen LogP contribution in [-0.2, 0) is 0 Å². The number of pyridine rings is 1. The summed E-state index contributed by atoms with van der Waals surface area (Å²) in [4.78, 5) is 7.56. The summed E-state index contributed by atoms with van der Waals surface area (Å²) in [5.41, 5.74) is 2.54. The standard InChI is InChI=1S/C13H8BrN3O2S/c14-7-3-9-12(15-5-7)17(13(20)16-9)8-1-2-10-11(4-8)19-6-18-10/h1-5H,6H2,(H,16,20). The van der Waals surface area contributed by atoms with Crippen LogP contribution >= 0.6 is 28.1 Å². The van der Waals surface area contributed by atoms with E-state index in [-0.39, 0.29) is 6.79 Å². The lowest BCUT2D eigenvalue weighted by molar-refractivity contribution is 0.174. The van der Waals surface area contributed by atoms with Crippen LogP contribution in [0.5, 0.6) is 11.5 Å². The molecule has 5 nitrogen and oxygen atoms in total. The van der Waals surface area contributed by atoms with Gasteiger partial charge in [-0.15, -0.1) is 0 Å². The van der Waals surface area contributed by atoms with E-state index in [4.69, 9.17) is 21.7 Å². The first-order valence-electron chi connectivity index (χ1n) is 5.89. The van der Waals surface area contributed by atoms with Crippen LogP contribution in [0.15, 0.2) is 34.9 Å². The molecule has 3 aromatic rings. The summed E-state index contributed by atoms with van der Waals surface area (Å²) in [6.07, 6.45) is 1.74. The lowest BCUT2D eigenvalue weighted by atomic mass is 10.2. The van der Waals surface area contributed by atoms with Crippen LogP contribution in [-0.4, -0.2) is 21.3 Å². The predicted molar refractivity (Wildman–Crippen MR) is 80.1 cm³/mol. The molecular weight excluding hydrogens is 342 g/mol. The Labute approximate surface area is 127 Å². The van der Waals surface area contributed by atoms with Crippen molar-refractivity contribution in [3.05, 3.63) is 39.7 Å². The summed E-state index contributed by atoms with van der Waals surface area (Å²) in [5, 5.41) is 0. The Kier molecular flexibility index (Phi) is 2.58. The molecule has 0 fully saturated rings. The Morgan fingerprint density at radius 2 is 2.10 bits per heavy atom. The van der Waals surface area contributed by atoms with Gasteiger partial charge >= 0.3 is 0 Å². The molecule has 0 bridgehead atoms. The fourth-order valence-corrected chi connectivity index (χ4v) is 2.87. The molecule has 1 aromatic carbocycles. The number of rotatable bonds is 1. The zero-order valence-corrected chi connectivity index (χ0v) is 12.5. The summed E-state index contributed by atoms with van der Waals surface area (Å²) in [6.45, 7) is 0.253. The number of fused-ring (bicyclic) bond motifs is 2. The number of imidazole rings is 1. The zero-order valence-electron chi connectivity index (χ0n) is 10.1. The Morgan fingerprint density at radius 1 is 1.25 bits per heavy atom. The average Bonchev–Trinajstić information content (AvgIpc) is 3.00. The van der Waals surface area contributed by atoms with Gasteiger partial charge in [0.25, 0.3) is 0 Å². The largest absolute Gasteiger partial charge is 0.454 e. The molecule has 0 saturated carbocycles. The Balaban J connectivity index is 1.98. The highest BCUT2D eigenvalue weighted by atomic mass is 79.9. The molecular formula is C13H8BrN3O2S. The van der Waals surface area contributed by atoms with Crippen molar-refractivity contribution in [3.63, 3.8) is 0 Å². The third kappa shape index (κ3) is 1.74. The minimum absolute atomic E-state index is 0.253. The van der Waals surface area contributed by atoms with Crippen molar-refractivity contribution in [1.82, 2.24) is 14.5 Å². The molecule has 0 amide bonds. The summed E-state index contributed by atoms with van der Waals surface area (Å²) in [6, 6.07) is 7.65. The van der Waals surface area contributed by atoms with Crippen molar-refractivity contribution in [3.8, 4) is 17.2 Å². The van der Waals surface area contributed by atoms with Gasteiger partial charge in [0, 0.05) is 16.7 Å². The maximum Gasteiger partial charge on any atom is 0.231 e. The molecule has 7 heteroatoms. The number of aromatic amines is 1. The van der Waals surface area contributed by atoms with Gasteiger partial charge in [-0.05, 0) is 46.3 Å². The van der Waals surface area contributed by atoms with Gasteiger partial charge in [-0.3, -0.25) is 4.57 Å². The molecule has 100 valence electrons. The quantitative estimate of drug-likeness (QED) is 0.682. The van der Waals surface area contributed by atoms with E-state index in [0.29, 0.717) is 4.77 Å². The van der Waals surface area contributed by atoms with Gasteiger partial charge in [0.1, 0.15) is 0 Å². The minimum atomic E-state index is 0.253. The van der Waals surface area contributed by atoms with Crippen LogP contribution in [0.4, 0.5) is 0 Å². The van der Waals surface area contributed by atoms with Gasteiger partial charge in [-0.25, -0.2) is 4.98 Å². The first kappa shape index (κ1) is 11.9. The molecule has 2 aromatic heterocycles. The second-order valence-electron chi connectivity index (χ2n) is 4.33. The molecule has 1 N–H and O–H groups in total. The van der Waals surface area contributed by atoms with Crippen LogP contribution in [0.25, 0.3) is 16.9 Å². The molecule has 1 aliphatic rings. The molecule has 20 heavy (non-hydrogen) atoms. The third-order valence-corrected chi connectivity index (χ3v) is 3.82. The lowest BCUT2D eigenvalue weighted by Gasteiger charge is -2.05. The molecule has 4 rings (SSSR count). The van der Waals surface area contributed by atoms with Gasteiger partial charge in [0.15, 0.2) is 21.9 Å². The number of ether oxygens (including phenoxy) is 2. The Hall–Kier alpha value is -1.86. The Bertz CT molecular complexity index is 887.